The Labute approximate surface area is 79.6 Å². The monoisotopic (exact) mass is 182 g/mol. The average molecular weight is 182 g/mol. The van der Waals surface area contributed by atoms with Gasteiger partial charge in [-0.3, -0.25) is 0 Å². The van der Waals surface area contributed by atoms with Gasteiger partial charge in [-0.2, -0.15) is 0 Å². The van der Waals surface area contributed by atoms with E-state index < -0.39 is 5.60 Å². The second-order valence-electron chi connectivity index (χ2n) is 4.98. The van der Waals surface area contributed by atoms with Crippen molar-refractivity contribution in [3.63, 3.8) is 0 Å². The normalized spacial score (nSPS) is 29.9. The molecule has 0 radical (unpaired) electrons. The van der Waals surface area contributed by atoms with Crippen molar-refractivity contribution >= 4 is 0 Å². The summed E-state index contributed by atoms with van der Waals surface area (Å²) in [5.74, 6) is 0.829. The molecule has 2 nitrogen and oxygen atoms in total. The van der Waals surface area contributed by atoms with E-state index in [9.17, 15) is 5.11 Å². The molecule has 1 saturated carbocycles. The first-order valence-corrected chi connectivity index (χ1v) is 5.10. The number of aliphatic hydroxyl groups is 1. The van der Waals surface area contributed by atoms with Gasteiger partial charge in [0.2, 0.25) is 0 Å². The zero-order valence-electron chi connectivity index (χ0n) is 8.47. The third-order valence-corrected chi connectivity index (χ3v) is 3.17. The lowest BCUT2D eigenvalue weighted by Crippen LogP contribution is -2.42. The maximum absolute atomic E-state index is 10.1. The highest BCUT2D eigenvalue weighted by molar-refractivity contribution is 5.18. The number of ether oxygens (including phenoxy) is 1. The molecule has 0 atom stereocenters. The third kappa shape index (κ3) is 1.60. The van der Waals surface area contributed by atoms with Crippen LogP contribution in [0.25, 0.3) is 0 Å². The summed E-state index contributed by atoms with van der Waals surface area (Å²) in [4.78, 5) is 0. The van der Waals surface area contributed by atoms with Gasteiger partial charge >= 0.3 is 0 Å². The quantitative estimate of drug-likeness (QED) is 0.674. The molecule has 2 aliphatic rings. The Morgan fingerprint density at radius 1 is 1.31 bits per heavy atom. The molecule has 2 rings (SSSR count). The van der Waals surface area contributed by atoms with Gasteiger partial charge in [-0.05, 0) is 37.2 Å². The van der Waals surface area contributed by atoms with Crippen molar-refractivity contribution in [1.82, 2.24) is 0 Å². The molecule has 0 unspecified atom stereocenters. The Bertz CT molecular complexity index is 236. The van der Waals surface area contributed by atoms with Crippen molar-refractivity contribution in [2.75, 3.05) is 6.61 Å². The van der Waals surface area contributed by atoms with Crippen LogP contribution in [-0.2, 0) is 4.74 Å². The highest BCUT2D eigenvalue weighted by Crippen LogP contribution is 2.42. The van der Waals surface area contributed by atoms with Crippen LogP contribution in [0.15, 0.2) is 11.8 Å². The van der Waals surface area contributed by atoms with E-state index in [0.717, 1.165) is 38.0 Å². The number of hydrogen-bond acceptors (Lipinski definition) is 2. The van der Waals surface area contributed by atoms with Crippen molar-refractivity contribution in [2.24, 2.45) is 5.41 Å². The summed E-state index contributed by atoms with van der Waals surface area (Å²) in [6.07, 6.45) is 6.02. The van der Waals surface area contributed by atoms with Crippen molar-refractivity contribution in [2.45, 2.75) is 45.1 Å². The summed E-state index contributed by atoms with van der Waals surface area (Å²) in [5, 5.41) is 10.1. The fourth-order valence-corrected chi connectivity index (χ4v) is 1.92. The van der Waals surface area contributed by atoms with Crippen LogP contribution in [0.1, 0.15) is 39.5 Å². The molecule has 1 aliphatic carbocycles. The van der Waals surface area contributed by atoms with Gasteiger partial charge in [0.1, 0.15) is 11.4 Å². The molecule has 1 N–H and O–H groups in total. The Morgan fingerprint density at radius 3 is 2.46 bits per heavy atom. The lowest BCUT2D eigenvalue weighted by Gasteiger charge is -2.41. The largest absolute Gasteiger partial charge is 0.495 e. The summed E-state index contributed by atoms with van der Waals surface area (Å²) < 4.78 is 5.53. The van der Waals surface area contributed by atoms with Crippen LogP contribution >= 0.6 is 0 Å². The van der Waals surface area contributed by atoms with Gasteiger partial charge in [-0.25, -0.2) is 0 Å². The minimum Gasteiger partial charge on any atom is -0.495 e. The SMILES string of the molecule is CC1(C)C=C(C2(O)CCC2)OCC1. The molecule has 1 fully saturated rings. The van der Waals surface area contributed by atoms with Crippen LogP contribution in [-0.4, -0.2) is 17.3 Å². The summed E-state index contributed by atoms with van der Waals surface area (Å²) >= 11 is 0. The van der Waals surface area contributed by atoms with E-state index in [1.54, 1.807) is 0 Å². The van der Waals surface area contributed by atoms with E-state index in [1.165, 1.54) is 0 Å². The van der Waals surface area contributed by atoms with Gasteiger partial charge in [0.15, 0.2) is 0 Å². The molecule has 0 spiro atoms. The van der Waals surface area contributed by atoms with Gasteiger partial charge < -0.3 is 9.84 Å². The Kier molecular flexibility index (Phi) is 1.91. The first kappa shape index (κ1) is 9.07. The van der Waals surface area contributed by atoms with Gasteiger partial charge in [0.25, 0.3) is 0 Å². The van der Waals surface area contributed by atoms with Crippen LogP contribution < -0.4 is 0 Å². The molecule has 0 saturated heterocycles. The minimum atomic E-state index is -0.613. The Hall–Kier alpha value is -0.500. The standard InChI is InChI=1S/C11H18O2/c1-10(2)6-7-13-9(8-10)11(12)4-3-5-11/h8,12H,3-7H2,1-2H3. The van der Waals surface area contributed by atoms with Gasteiger partial charge in [-0.1, -0.05) is 13.8 Å². The first-order valence-electron chi connectivity index (χ1n) is 5.10. The van der Waals surface area contributed by atoms with Gasteiger partial charge in [0.05, 0.1) is 6.61 Å². The van der Waals surface area contributed by atoms with E-state index in [-0.39, 0.29) is 5.41 Å². The molecule has 13 heavy (non-hydrogen) atoms. The zero-order chi connectivity index (χ0) is 9.53. The predicted octanol–water partition coefficient (Wildman–Crippen LogP) is 2.23. The fraction of sp³-hybridized carbons (Fsp3) is 0.818. The smallest absolute Gasteiger partial charge is 0.124 e. The molecule has 0 bridgehead atoms. The third-order valence-electron chi connectivity index (χ3n) is 3.17. The molecular weight excluding hydrogens is 164 g/mol. The summed E-state index contributed by atoms with van der Waals surface area (Å²) in [7, 11) is 0. The Morgan fingerprint density at radius 2 is 2.00 bits per heavy atom. The lowest BCUT2D eigenvalue weighted by atomic mass is 9.75. The lowest BCUT2D eigenvalue weighted by molar-refractivity contribution is -0.0574. The molecule has 74 valence electrons. The fourth-order valence-electron chi connectivity index (χ4n) is 1.92. The van der Waals surface area contributed by atoms with Crippen molar-refractivity contribution in [3.05, 3.63) is 11.8 Å². The maximum atomic E-state index is 10.1. The van der Waals surface area contributed by atoms with E-state index in [2.05, 4.69) is 19.9 Å². The predicted molar refractivity (Wildman–Crippen MR) is 51.2 cm³/mol. The van der Waals surface area contributed by atoms with Gasteiger partial charge in [-0.15, -0.1) is 0 Å². The summed E-state index contributed by atoms with van der Waals surface area (Å²) in [5.41, 5.74) is -0.420. The molecule has 0 aromatic rings. The van der Waals surface area contributed by atoms with Crippen LogP contribution in [0.5, 0.6) is 0 Å². The van der Waals surface area contributed by atoms with Crippen molar-refractivity contribution < 1.29 is 9.84 Å². The molecule has 1 heterocycles. The van der Waals surface area contributed by atoms with E-state index in [1.807, 2.05) is 0 Å². The van der Waals surface area contributed by atoms with Crippen LogP contribution in [0.2, 0.25) is 0 Å². The number of rotatable bonds is 1. The van der Waals surface area contributed by atoms with Crippen LogP contribution in [0, 0.1) is 5.41 Å². The molecule has 0 aromatic heterocycles. The Balaban J connectivity index is 2.18. The first-order chi connectivity index (χ1) is 6.02. The average Bonchev–Trinajstić information content (AvgIpc) is 1.98. The molecule has 2 heteroatoms. The van der Waals surface area contributed by atoms with Crippen LogP contribution in [0.4, 0.5) is 0 Å². The topological polar surface area (TPSA) is 29.5 Å². The molecule has 0 aromatic carbocycles. The molecular formula is C11H18O2. The van der Waals surface area contributed by atoms with Crippen molar-refractivity contribution in [3.8, 4) is 0 Å². The second-order valence-corrected chi connectivity index (χ2v) is 4.98. The number of allylic oxidation sites excluding steroid dienone is 1. The minimum absolute atomic E-state index is 0.193. The second kappa shape index (κ2) is 2.74. The van der Waals surface area contributed by atoms with E-state index >= 15 is 0 Å². The van der Waals surface area contributed by atoms with Gasteiger partial charge in [0, 0.05) is 0 Å². The molecule has 1 aliphatic heterocycles. The summed E-state index contributed by atoms with van der Waals surface area (Å²) in [6, 6.07) is 0. The van der Waals surface area contributed by atoms with E-state index in [0.29, 0.717) is 0 Å². The van der Waals surface area contributed by atoms with E-state index in [4.69, 9.17) is 4.74 Å². The van der Waals surface area contributed by atoms with Crippen LogP contribution in [0.3, 0.4) is 0 Å². The molecule has 0 amide bonds. The zero-order valence-corrected chi connectivity index (χ0v) is 8.47. The maximum Gasteiger partial charge on any atom is 0.124 e. The highest BCUT2D eigenvalue weighted by Gasteiger charge is 2.42. The number of hydrogen-bond donors (Lipinski definition) is 1. The summed E-state index contributed by atoms with van der Waals surface area (Å²) in [6.45, 7) is 5.14. The van der Waals surface area contributed by atoms with Crippen molar-refractivity contribution in [1.29, 1.82) is 0 Å². The highest BCUT2D eigenvalue weighted by atomic mass is 16.5.